The van der Waals surface area contributed by atoms with Crippen molar-refractivity contribution < 1.29 is 14.7 Å². The van der Waals surface area contributed by atoms with Crippen LogP contribution in [0.15, 0.2) is 47.4 Å². The van der Waals surface area contributed by atoms with Crippen molar-refractivity contribution in [2.24, 2.45) is 0 Å². The second-order valence-electron chi connectivity index (χ2n) is 7.42. The molecule has 3 rings (SSSR count). The van der Waals surface area contributed by atoms with E-state index >= 15 is 0 Å². The van der Waals surface area contributed by atoms with E-state index in [4.69, 9.17) is 5.11 Å². The Hall–Kier alpha value is -2.89. The third-order valence-electron chi connectivity index (χ3n) is 5.27. The van der Waals surface area contributed by atoms with Crippen LogP contribution in [0.3, 0.4) is 0 Å². The normalized spacial score (nSPS) is 16.8. The quantitative estimate of drug-likeness (QED) is 0.833. The zero-order valence-corrected chi connectivity index (χ0v) is 16.1. The Morgan fingerprint density at radius 1 is 1.18 bits per heavy atom. The van der Waals surface area contributed by atoms with Crippen LogP contribution < -0.4 is 5.56 Å². The van der Waals surface area contributed by atoms with E-state index in [0.29, 0.717) is 19.5 Å². The molecule has 1 amide bonds. The number of pyridine rings is 1. The van der Waals surface area contributed by atoms with Crippen molar-refractivity contribution in [2.75, 3.05) is 6.54 Å². The molecule has 0 bridgehead atoms. The fourth-order valence-electron chi connectivity index (χ4n) is 3.84. The van der Waals surface area contributed by atoms with Crippen molar-refractivity contribution in [3.8, 4) is 0 Å². The number of aryl methyl sites for hydroxylation is 1. The number of aliphatic carboxylic acids is 1. The van der Waals surface area contributed by atoms with Crippen LogP contribution in [-0.4, -0.2) is 39.0 Å². The summed E-state index contributed by atoms with van der Waals surface area (Å²) in [4.78, 5) is 38.7. The van der Waals surface area contributed by atoms with E-state index in [1.54, 1.807) is 27.8 Å². The Labute approximate surface area is 164 Å². The first-order valence-corrected chi connectivity index (χ1v) is 9.73. The Bertz CT molecular complexity index is 919. The van der Waals surface area contributed by atoms with E-state index in [0.717, 1.165) is 30.4 Å². The molecule has 0 radical (unpaired) electrons. The predicted molar refractivity (Wildman–Crippen MR) is 107 cm³/mol. The number of carboxylic acid groups (broad SMARTS) is 1. The molecule has 1 fully saturated rings. The van der Waals surface area contributed by atoms with Gasteiger partial charge >= 0.3 is 5.97 Å². The number of piperidine rings is 1. The molecule has 6 heteroatoms. The molecule has 2 aromatic rings. The smallest absolute Gasteiger partial charge is 0.303 e. The first kappa shape index (κ1) is 19.9. The summed E-state index contributed by atoms with van der Waals surface area (Å²) in [6.45, 7) is 2.97. The molecule has 2 heterocycles. The van der Waals surface area contributed by atoms with E-state index in [-0.39, 0.29) is 29.5 Å². The number of nitrogens with zero attached hydrogens (tertiary/aromatic N) is 2. The highest BCUT2D eigenvalue weighted by Gasteiger charge is 2.29. The molecule has 1 saturated heterocycles. The van der Waals surface area contributed by atoms with Gasteiger partial charge in [-0.3, -0.25) is 14.4 Å². The highest BCUT2D eigenvalue weighted by Crippen LogP contribution is 2.22. The molecule has 148 valence electrons. The van der Waals surface area contributed by atoms with Crippen LogP contribution in [0.2, 0.25) is 0 Å². The first-order valence-electron chi connectivity index (χ1n) is 9.73. The molecule has 1 atom stereocenters. The lowest BCUT2D eigenvalue weighted by Crippen LogP contribution is -2.46. The van der Waals surface area contributed by atoms with Crippen molar-refractivity contribution >= 4 is 11.9 Å². The molecule has 1 N–H and O–H groups in total. The van der Waals surface area contributed by atoms with Crippen molar-refractivity contribution in [1.82, 2.24) is 9.47 Å². The zero-order chi connectivity index (χ0) is 20.1. The van der Waals surface area contributed by atoms with Crippen LogP contribution in [0.5, 0.6) is 0 Å². The minimum Gasteiger partial charge on any atom is -0.481 e. The van der Waals surface area contributed by atoms with Gasteiger partial charge in [-0.05, 0) is 50.3 Å². The van der Waals surface area contributed by atoms with Gasteiger partial charge in [-0.1, -0.05) is 29.8 Å². The second-order valence-corrected chi connectivity index (χ2v) is 7.42. The number of aromatic nitrogens is 1. The third kappa shape index (κ3) is 4.68. The maximum absolute atomic E-state index is 13.1. The summed E-state index contributed by atoms with van der Waals surface area (Å²) in [5, 5.41) is 8.97. The zero-order valence-electron chi connectivity index (χ0n) is 16.1. The Morgan fingerprint density at radius 3 is 2.75 bits per heavy atom. The summed E-state index contributed by atoms with van der Waals surface area (Å²) in [6.07, 6.45) is 4.77. The molecule has 1 aliphatic rings. The second kappa shape index (κ2) is 8.87. The average Bonchev–Trinajstić information content (AvgIpc) is 2.68. The molecule has 0 unspecified atom stereocenters. The monoisotopic (exact) mass is 382 g/mol. The summed E-state index contributed by atoms with van der Waals surface area (Å²) < 4.78 is 1.55. The number of carbonyl (C=O) groups excluding carboxylic acids is 1. The summed E-state index contributed by atoms with van der Waals surface area (Å²) in [6, 6.07) is 11.1. The lowest BCUT2D eigenvalue weighted by molar-refractivity contribution is -0.137. The molecule has 1 aromatic carbocycles. The number of benzene rings is 1. The van der Waals surface area contributed by atoms with Crippen molar-refractivity contribution in [3.05, 3.63) is 69.6 Å². The topological polar surface area (TPSA) is 79.6 Å². The van der Waals surface area contributed by atoms with Gasteiger partial charge in [0.2, 0.25) is 0 Å². The van der Waals surface area contributed by atoms with E-state index < -0.39 is 5.97 Å². The maximum Gasteiger partial charge on any atom is 0.303 e. The predicted octanol–water partition coefficient (Wildman–Crippen LogP) is 3.06. The number of likely N-dealkylation sites (tertiary alicyclic amines) is 1. The minimum atomic E-state index is -0.863. The molecule has 1 aromatic heterocycles. The first-order chi connectivity index (χ1) is 13.5. The SMILES string of the molecule is Cc1cccc(Cn2cccc(C(=O)N3CCCC[C@@H]3CCC(=O)O)c2=O)c1. The molecular weight excluding hydrogens is 356 g/mol. The summed E-state index contributed by atoms with van der Waals surface area (Å²) in [5.74, 6) is -1.16. The van der Waals surface area contributed by atoms with E-state index in [1.807, 2.05) is 31.2 Å². The lowest BCUT2D eigenvalue weighted by Gasteiger charge is -2.35. The van der Waals surface area contributed by atoms with Gasteiger partial charge in [-0.25, -0.2) is 0 Å². The lowest BCUT2D eigenvalue weighted by atomic mass is 9.97. The molecule has 0 aliphatic carbocycles. The maximum atomic E-state index is 13.1. The van der Waals surface area contributed by atoms with Gasteiger partial charge < -0.3 is 14.6 Å². The van der Waals surface area contributed by atoms with Crippen molar-refractivity contribution in [2.45, 2.75) is 51.6 Å². The number of carbonyl (C=O) groups is 2. The van der Waals surface area contributed by atoms with Gasteiger partial charge in [0.1, 0.15) is 5.56 Å². The van der Waals surface area contributed by atoms with Gasteiger partial charge in [0.05, 0.1) is 6.54 Å². The van der Waals surface area contributed by atoms with Crippen LogP contribution >= 0.6 is 0 Å². The van der Waals surface area contributed by atoms with Gasteiger partial charge in [0.25, 0.3) is 11.5 Å². The number of amides is 1. The van der Waals surface area contributed by atoms with E-state index in [9.17, 15) is 14.4 Å². The van der Waals surface area contributed by atoms with Crippen LogP contribution in [-0.2, 0) is 11.3 Å². The molecular formula is C22H26N2O4. The van der Waals surface area contributed by atoms with Gasteiger partial charge in [0, 0.05) is 25.2 Å². The van der Waals surface area contributed by atoms with Crippen molar-refractivity contribution in [3.63, 3.8) is 0 Å². The highest BCUT2D eigenvalue weighted by atomic mass is 16.4. The van der Waals surface area contributed by atoms with Gasteiger partial charge in [-0.2, -0.15) is 0 Å². The number of carboxylic acids is 1. The number of hydrogen-bond donors (Lipinski definition) is 1. The Balaban J connectivity index is 1.83. The summed E-state index contributed by atoms with van der Waals surface area (Å²) in [7, 11) is 0. The van der Waals surface area contributed by atoms with Crippen LogP contribution in [0.1, 0.15) is 53.6 Å². The Kier molecular flexibility index (Phi) is 6.29. The summed E-state index contributed by atoms with van der Waals surface area (Å²) in [5.41, 5.74) is 1.96. The summed E-state index contributed by atoms with van der Waals surface area (Å²) >= 11 is 0. The van der Waals surface area contributed by atoms with Crippen LogP contribution in [0.4, 0.5) is 0 Å². The molecule has 1 aliphatic heterocycles. The standard InChI is InChI=1S/C22H26N2O4/c1-16-6-4-7-17(14-16)15-23-12-5-9-19(21(23)27)22(28)24-13-3-2-8-18(24)10-11-20(25)26/h4-7,9,12,14,18H,2-3,8,10-11,13,15H2,1H3,(H,25,26)/t18-/m1/s1. The van der Waals surface area contributed by atoms with E-state index in [1.165, 1.54) is 0 Å². The average molecular weight is 382 g/mol. The van der Waals surface area contributed by atoms with Gasteiger partial charge in [0.15, 0.2) is 0 Å². The van der Waals surface area contributed by atoms with Crippen LogP contribution in [0.25, 0.3) is 0 Å². The fraction of sp³-hybridized carbons (Fsp3) is 0.409. The molecule has 6 nitrogen and oxygen atoms in total. The van der Waals surface area contributed by atoms with E-state index in [2.05, 4.69) is 0 Å². The highest BCUT2D eigenvalue weighted by molar-refractivity contribution is 5.94. The van der Waals surface area contributed by atoms with Crippen molar-refractivity contribution in [1.29, 1.82) is 0 Å². The third-order valence-corrected chi connectivity index (χ3v) is 5.27. The minimum absolute atomic E-state index is 0.0286. The number of rotatable bonds is 6. The van der Waals surface area contributed by atoms with Gasteiger partial charge in [-0.15, -0.1) is 0 Å². The van der Waals surface area contributed by atoms with Crippen LogP contribution in [0, 0.1) is 6.92 Å². The Morgan fingerprint density at radius 2 is 2.00 bits per heavy atom. The number of hydrogen-bond acceptors (Lipinski definition) is 3. The molecule has 0 saturated carbocycles. The molecule has 0 spiro atoms. The molecule has 28 heavy (non-hydrogen) atoms. The fourth-order valence-corrected chi connectivity index (χ4v) is 3.84. The largest absolute Gasteiger partial charge is 0.481 e.